The van der Waals surface area contributed by atoms with Crippen molar-refractivity contribution >= 4 is 17.2 Å². The van der Waals surface area contributed by atoms with Crippen LogP contribution in [0.5, 0.6) is 11.5 Å². The van der Waals surface area contributed by atoms with Crippen molar-refractivity contribution in [2.24, 2.45) is 10.1 Å². The Bertz CT molecular complexity index is 1080. The molecule has 0 fully saturated rings. The highest BCUT2D eigenvalue weighted by atomic mass is 16.5. The second-order valence-electron chi connectivity index (χ2n) is 6.36. The van der Waals surface area contributed by atoms with Gasteiger partial charge in [-0.3, -0.25) is 10.4 Å². The van der Waals surface area contributed by atoms with E-state index in [-0.39, 0.29) is 0 Å². The second kappa shape index (κ2) is 7.52. The molecule has 6 heteroatoms. The fourth-order valence-electron chi connectivity index (χ4n) is 3.09. The first-order valence-electron chi connectivity index (χ1n) is 8.86. The van der Waals surface area contributed by atoms with Gasteiger partial charge in [-0.2, -0.15) is 5.10 Å². The van der Waals surface area contributed by atoms with Crippen LogP contribution in [-0.2, 0) is 0 Å². The number of aliphatic imine (C=N–C) groups is 1. The molecule has 0 bridgehead atoms. The van der Waals surface area contributed by atoms with Crippen molar-refractivity contribution in [3.05, 3.63) is 83.2 Å². The highest BCUT2D eigenvalue weighted by Gasteiger charge is 2.19. The van der Waals surface area contributed by atoms with Crippen LogP contribution in [0.15, 0.2) is 71.0 Å². The van der Waals surface area contributed by atoms with E-state index in [1.807, 2.05) is 42.5 Å². The third kappa shape index (κ3) is 3.32. The van der Waals surface area contributed by atoms with Crippen LogP contribution in [0, 0.1) is 6.92 Å². The number of fused-ring (bicyclic) bond motifs is 1. The standard InChI is InChI=1S/C22H20N4O2/c1-14-6-8-18-17(11-14)21(15-7-9-19(27-2)20(12-15)28-3)25-26-22(24-18)16-5-4-10-23-13-16/h4-13H,1-3H3,(H,24,26). The maximum absolute atomic E-state index is 5.46. The average molecular weight is 372 g/mol. The van der Waals surface area contributed by atoms with E-state index in [4.69, 9.17) is 14.5 Å². The quantitative estimate of drug-likeness (QED) is 0.755. The summed E-state index contributed by atoms with van der Waals surface area (Å²) in [4.78, 5) is 8.98. The van der Waals surface area contributed by atoms with Crippen LogP contribution in [-0.4, -0.2) is 30.8 Å². The molecule has 0 saturated carbocycles. The summed E-state index contributed by atoms with van der Waals surface area (Å²) in [5.41, 5.74) is 8.56. The van der Waals surface area contributed by atoms with Crippen molar-refractivity contribution in [1.29, 1.82) is 0 Å². The molecule has 0 atom stereocenters. The van der Waals surface area contributed by atoms with E-state index in [0.29, 0.717) is 17.3 Å². The zero-order chi connectivity index (χ0) is 19.5. The number of aryl methyl sites for hydroxylation is 1. The molecule has 2 aromatic carbocycles. The molecule has 3 aromatic rings. The minimum atomic E-state index is 0.647. The minimum Gasteiger partial charge on any atom is -0.493 e. The molecule has 4 rings (SSSR count). The maximum Gasteiger partial charge on any atom is 0.161 e. The van der Waals surface area contributed by atoms with E-state index in [9.17, 15) is 0 Å². The summed E-state index contributed by atoms with van der Waals surface area (Å²) in [6.07, 6.45) is 3.49. The molecule has 6 nitrogen and oxygen atoms in total. The van der Waals surface area contributed by atoms with Crippen molar-refractivity contribution in [1.82, 2.24) is 10.4 Å². The topological polar surface area (TPSA) is 68.1 Å². The lowest BCUT2D eigenvalue weighted by atomic mass is 9.98. The predicted molar refractivity (Wildman–Crippen MR) is 110 cm³/mol. The molecular weight excluding hydrogens is 352 g/mol. The Balaban J connectivity index is 1.86. The number of ether oxygens (including phenoxy) is 2. The molecular formula is C22H20N4O2. The van der Waals surface area contributed by atoms with E-state index in [0.717, 1.165) is 33.7 Å². The molecule has 0 radical (unpaired) electrons. The van der Waals surface area contributed by atoms with Gasteiger partial charge in [0.1, 0.15) is 5.71 Å². The first-order valence-corrected chi connectivity index (χ1v) is 8.86. The van der Waals surface area contributed by atoms with Gasteiger partial charge >= 0.3 is 0 Å². The third-order valence-corrected chi connectivity index (χ3v) is 4.50. The fourth-order valence-corrected chi connectivity index (χ4v) is 3.09. The summed E-state index contributed by atoms with van der Waals surface area (Å²) in [6, 6.07) is 15.7. The lowest BCUT2D eigenvalue weighted by molar-refractivity contribution is 0.355. The molecule has 0 saturated heterocycles. The van der Waals surface area contributed by atoms with Crippen molar-refractivity contribution < 1.29 is 9.47 Å². The number of benzene rings is 2. The zero-order valence-electron chi connectivity index (χ0n) is 15.9. The fraction of sp³-hybridized carbons (Fsp3) is 0.136. The van der Waals surface area contributed by atoms with Gasteiger partial charge in [-0.25, -0.2) is 4.99 Å². The number of amidine groups is 1. The first-order chi connectivity index (χ1) is 13.7. The number of hydrogen-bond acceptors (Lipinski definition) is 6. The van der Waals surface area contributed by atoms with Gasteiger partial charge in [-0.1, -0.05) is 11.6 Å². The summed E-state index contributed by atoms with van der Waals surface area (Å²) in [7, 11) is 3.24. The SMILES string of the molecule is COc1ccc(C2=NNC(c3cccnc3)=Nc3ccc(C)cc32)cc1OC. The predicted octanol–water partition coefficient (Wildman–Crippen LogP) is 3.84. The lowest BCUT2D eigenvalue weighted by Crippen LogP contribution is -2.19. The van der Waals surface area contributed by atoms with Crippen LogP contribution in [0.3, 0.4) is 0 Å². The number of nitrogens with zero attached hydrogens (tertiary/aromatic N) is 3. The van der Waals surface area contributed by atoms with Crippen molar-refractivity contribution in [3.8, 4) is 11.5 Å². The highest BCUT2D eigenvalue weighted by molar-refractivity contribution is 6.18. The summed E-state index contributed by atoms with van der Waals surface area (Å²) in [6.45, 7) is 2.05. The number of pyridine rings is 1. The third-order valence-electron chi connectivity index (χ3n) is 4.50. The molecule has 0 aliphatic carbocycles. The van der Waals surface area contributed by atoms with Crippen molar-refractivity contribution in [2.45, 2.75) is 6.92 Å². The molecule has 140 valence electrons. The van der Waals surface area contributed by atoms with E-state index in [2.05, 4.69) is 28.5 Å². The smallest absolute Gasteiger partial charge is 0.161 e. The number of aromatic nitrogens is 1. The van der Waals surface area contributed by atoms with Crippen LogP contribution in [0.1, 0.15) is 22.3 Å². The Morgan fingerprint density at radius 1 is 0.893 bits per heavy atom. The maximum atomic E-state index is 5.46. The highest BCUT2D eigenvalue weighted by Crippen LogP contribution is 2.31. The molecule has 0 unspecified atom stereocenters. The number of methoxy groups -OCH3 is 2. The van der Waals surface area contributed by atoms with Crippen LogP contribution in [0.2, 0.25) is 0 Å². The van der Waals surface area contributed by atoms with Crippen LogP contribution >= 0.6 is 0 Å². The van der Waals surface area contributed by atoms with Gasteiger partial charge in [-0.15, -0.1) is 0 Å². The van der Waals surface area contributed by atoms with Crippen LogP contribution in [0.25, 0.3) is 0 Å². The summed E-state index contributed by atoms with van der Waals surface area (Å²) in [5.74, 6) is 1.97. The van der Waals surface area contributed by atoms with Gasteiger partial charge < -0.3 is 9.47 Å². The van der Waals surface area contributed by atoms with E-state index in [1.54, 1.807) is 26.6 Å². The van der Waals surface area contributed by atoms with E-state index < -0.39 is 0 Å². The number of hydrogen-bond donors (Lipinski definition) is 1. The van der Waals surface area contributed by atoms with Gasteiger partial charge in [0.25, 0.3) is 0 Å². The summed E-state index contributed by atoms with van der Waals surface area (Å²) >= 11 is 0. The monoisotopic (exact) mass is 372 g/mol. The molecule has 1 N–H and O–H groups in total. The molecule has 1 aromatic heterocycles. The second-order valence-corrected chi connectivity index (χ2v) is 6.36. The summed E-state index contributed by atoms with van der Waals surface area (Å²) in [5, 5.41) is 4.68. The number of hydrazone groups is 1. The molecule has 1 aliphatic rings. The minimum absolute atomic E-state index is 0.647. The van der Waals surface area contributed by atoms with Gasteiger partial charge in [0.2, 0.25) is 0 Å². The molecule has 2 heterocycles. The van der Waals surface area contributed by atoms with Crippen molar-refractivity contribution in [3.63, 3.8) is 0 Å². The lowest BCUT2D eigenvalue weighted by Gasteiger charge is -2.12. The largest absolute Gasteiger partial charge is 0.493 e. The molecule has 0 spiro atoms. The van der Waals surface area contributed by atoms with Gasteiger partial charge in [0.05, 0.1) is 19.9 Å². The molecule has 0 amide bonds. The Morgan fingerprint density at radius 3 is 2.50 bits per heavy atom. The first kappa shape index (κ1) is 17.7. The van der Waals surface area contributed by atoms with Crippen LogP contribution < -0.4 is 14.9 Å². The van der Waals surface area contributed by atoms with E-state index in [1.165, 1.54) is 0 Å². The van der Waals surface area contributed by atoms with E-state index >= 15 is 0 Å². The Labute approximate surface area is 163 Å². The Morgan fingerprint density at radius 2 is 1.75 bits per heavy atom. The van der Waals surface area contributed by atoms with Crippen molar-refractivity contribution in [2.75, 3.05) is 14.2 Å². The average Bonchev–Trinajstić information content (AvgIpc) is 2.93. The number of nitrogens with one attached hydrogen (secondary N) is 1. The van der Waals surface area contributed by atoms with Gasteiger partial charge in [0.15, 0.2) is 17.3 Å². The number of rotatable bonds is 4. The van der Waals surface area contributed by atoms with Crippen LogP contribution in [0.4, 0.5) is 5.69 Å². The molecule has 1 aliphatic heterocycles. The van der Waals surface area contributed by atoms with Gasteiger partial charge in [0, 0.05) is 29.1 Å². The van der Waals surface area contributed by atoms with Gasteiger partial charge in [-0.05, 0) is 49.4 Å². The molecule has 28 heavy (non-hydrogen) atoms. The Kier molecular flexibility index (Phi) is 4.76. The normalized spacial score (nSPS) is 12.8. The Hall–Kier alpha value is -3.67. The summed E-state index contributed by atoms with van der Waals surface area (Å²) < 4.78 is 10.8. The zero-order valence-corrected chi connectivity index (χ0v) is 15.9.